The molecule has 1 heterocycles. The number of hydrogen-bond acceptors (Lipinski definition) is 7. The predicted octanol–water partition coefficient (Wildman–Crippen LogP) is -0.566. The molecule has 0 radical (unpaired) electrons. The molecular weight excluding hydrogens is 280 g/mol. The molecule has 1 saturated heterocycles. The van der Waals surface area contributed by atoms with Crippen molar-refractivity contribution < 1.29 is 33.6 Å². The summed E-state index contributed by atoms with van der Waals surface area (Å²) in [5.74, 6) is -4.45. The Bertz CT molecular complexity index is 421. The first kappa shape index (κ1) is 14.5. The fraction of sp³-hybridized carbons (Fsp3) is 0.818. The summed E-state index contributed by atoms with van der Waals surface area (Å²) >= 11 is 6.33. The van der Waals surface area contributed by atoms with Crippen LogP contribution in [0.3, 0.4) is 0 Å². The van der Waals surface area contributed by atoms with E-state index >= 15 is 0 Å². The van der Waals surface area contributed by atoms with Gasteiger partial charge >= 0.3 is 11.9 Å². The Labute approximate surface area is 114 Å². The minimum Gasteiger partial charge on any atom is -0.467 e. The van der Waals surface area contributed by atoms with Crippen molar-refractivity contribution in [1.82, 2.24) is 0 Å². The van der Waals surface area contributed by atoms with Gasteiger partial charge in [0.1, 0.15) is 0 Å². The largest absolute Gasteiger partial charge is 0.467 e. The quantitative estimate of drug-likeness (QED) is 0.423. The summed E-state index contributed by atoms with van der Waals surface area (Å²) in [5.41, 5.74) is -2.18. The van der Waals surface area contributed by atoms with Crippen LogP contribution in [0.15, 0.2) is 0 Å². The molecule has 0 aromatic heterocycles. The van der Waals surface area contributed by atoms with E-state index in [1.165, 1.54) is 14.2 Å². The molecule has 3 atom stereocenters. The number of alkyl halides is 1. The van der Waals surface area contributed by atoms with E-state index in [2.05, 4.69) is 4.74 Å². The molecule has 0 aromatic carbocycles. The zero-order valence-corrected chi connectivity index (χ0v) is 11.5. The van der Waals surface area contributed by atoms with Gasteiger partial charge in [-0.15, -0.1) is 11.6 Å². The van der Waals surface area contributed by atoms with Crippen LogP contribution in [0, 0.1) is 5.92 Å². The summed E-state index contributed by atoms with van der Waals surface area (Å²) in [6.07, 6.45) is -0.156. The summed E-state index contributed by atoms with van der Waals surface area (Å²) in [6, 6.07) is 0. The van der Waals surface area contributed by atoms with Crippen LogP contribution in [0.1, 0.15) is 6.42 Å². The van der Waals surface area contributed by atoms with Crippen molar-refractivity contribution in [2.45, 2.75) is 22.7 Å². The van der Waals surface area contributed by atoms with Gasteiger partial charge in [0.25, 0.3) is 0 Å². The number of hydrogen-bond donors (Lipinski definition) is 1. The lowest BCUT2D eigenvalue weighted by Crippen LogP contribution is -2.67. The molecule has 0 unspecified atom stereocenters. The second kappa shape index (κ2) is 4.31. The highest BCUT2D eigenvalue weighted by atomic mass is 35.5. The van der Waals surface area contributed by atoms with Gasteiger partial charge in [0, 0.05) is 26.6 Å². The Balaban J connectivity index is 2.62. The summed E-state index contributed by atoms with van der Waals surface area (Å²) in [5, 5.41) is 10.6. The van der Waals surface area contributed by atoms with E-state index in [9.17, 15) is 14.7 Å². The minimum absolute atomic E-state index is 0.0178. The highest BCUT2D eigenvalue weighted by Gasteiger charge is 2.82. The van der Waals surface area contributed by atoms with E-state index in [1.54, 1.807) is 0 Å². The fourth-order valence-electron chi connectivity index (χ4n) is 3.06. The second-order valence-electron chi connectivity index (χ2n) is 4.59. The average molecular weight is 295 g/mol. The maximum Gasteiger partial charge on any atom is 0.343 e. The van der Waals surface area contributed by atoms with Gasteiger partial charge in [-0.2, -0.15) is 0 Å². The second-order valence-corrected chi connectivity index (χ2v) is 5.18. The normalized spacial score (nSPS) is 39.8. The van der Waals surface area contributed by atoms with Gasteiger partial charge in [0.2, 0.25) is 16.3 Å². The molecule has 1 N–H and O–H groups in total. The van der Waals surface area contributed by atoms with Gasteiger partial charge in [-0.3, -0.25) is 0 Å². The maximum absolute atomic E-state index is 11.9. The van der Waals surface area contributed by atoms with Gasteiger partial charge in [0.05, 0.1) is 13.7 Å². The molecule has 2 rings (SSSR count). The topological polar surface area (TPSA) is 91.3 Å². The molecule has 0 bridgehead atoms. The van der Waals surface area contributed by atoms with Crippen molar-refractivity contribution in [3.8, 4) is 0 Å². The SMILES string of the molecule is COC(=O)[C@]1(O)C[C@@H]2COC(=O)[C@]2(Cl)C1(OC)OC. The lowest BCUT2D eigenvalue weighted by Gasteiger charge is -2.42. The third-order valence-corrected chi connectivity index (χ3v) is 4.65. The fourth-order valence-corrected chi connectivity index (χ4v) is 3.57. The number of fused-ring (bicyclic) bond motifs is 1. The molecule has 1 aliphatic carbocycles. The first-order valence-corrected chi connectivity index (χ1v) is 5.99. The van der Waals surface area contributed by atoms with Crippen molar-refractivity contribution in [3.63, 3.8) is 0 Å². The molecule has 0 aromatic rings. The van der Waals surface area contributed by atoms with Crippen molar-refractivity contribution in [2.75, 3.05) is 27.9 Å². The minimum atomic E-state index is -2.18. The number of rotatable bonds is 3. The summed E-state index contributed by atoms with van der Waals surface area (Å²) in [4.78, 5) is 22.0. The Morgan fingerprint density at radius 2 is 2.00 bits per heavy atom. The summed E-state index contributed by atoms with van der Waals surface area (Å²) in [6.45, 7) is -0.0178. The number of halogens is 1. The van der Waals surface area contributed by atoms with Gasteiger partial charge in [-0.05, 0) is 0 Å². The monoisotopic (exact) mass is 294 g/mol. The van der Waals surface area contributed by atoms with Crippen LogP contribution in [0.2, 0.25) is 0 Å². The van der Waals surface area contributed by atoms with Crippen LogP contribution in [0.5, 0.6) is 0 Å². The Morgan fingerprint density at radius 1 is 1.42 bits per heavy atom. The number of methoxy groups -OCH3 is 3. The molecule has 0 amide bonds. The zero-order chi connectivity index (χ0) is 14.5. The summed E-state index contributed by atoms with van der Waals surface area (Å²) < 4.78 is 19.8. The smallest absolute Gasteiger partial charge is 0.343 e. The van der Waals surface area contributed by atoms with Crippen LogP contribution in [0.4, 0.5) is 0 Å². The van der Waals surface area contributed by atoms with Crippen LogP contribution >= 0.6 is 11.6 Å². The zero-order valence-electron chi connectivity index (χ0n) is 10.8. The number of aliphatic hydroxyl groups is 1. The number of ether oxygens (including phenoxy) is 4. The molecule has 7 nitrogen and oxygen atoms in total. The van der Waals surface area contributed by atoms with E-state index in [4.69, 9.17) is 25.8 Å². The molecular formula is C11H15ClO7. The van der Waals surface area contributed by atoms with Gasteiger partial charge < -0.3 is 24.1 Å². The van der Waals surface area contributed by atoms with Crippen molar-refractivity contribution >= 4 is 23.5 Å². The first-order chi connectivity index (χ1) is 8.84. The molecule has 19 heavy (non-hydrogen) atoms. The molecule has 0 spiro atoms. The molecule has 8 heteroatoms. The van der Waals surface area contributed by atoms with Crippen LogP contribution < -0.4 is 0 Å². The van der Waals surface area contributed by atoms with E-state index in [1.807, 2.05) is 0 Å². The van der Waals surface area contributed by atoms with Gasteiger partial charge in [-0.25, -0.2) is 9.59 Å². The van der Waals surface area contributed by atoms with E-state index in [0.717, 1.165) is 7.11 Å². The molecule has 108 valence electrons. The van der Waals surface area contributed by atoms with E-state index in [-0.39, 0.29) is 13.0 Å². The third-order valence-electron chi connectivity index (χ3n) is 3.94. The third kappa shape index (κ3) is 1.38. The summed E-state index contributed by atoms with van der Waals surface area (Å²) in [7, 11) is 3.49. The number of carbonyl (C=O) groups is 2. The standard InChI is InChI=1S/C11H15ClO7/c1-16-7(13)9(15)4-6-5-19-8(14)10(6,12)11(9,17-2)18-3/h6,15H,4-5H2,1-3H3/t6-,9-,10+/m1/s1. The molecule has 2 fully saturated rings. The van der Waals surface area contributed by atoms with E-state index in [0.29, 0.717) is 0 Å². The van der Waals surface area contributed by atoms with Gasteiger partial charge in [-0.1, -0.05) is 0 Å². The van der Waals surface area contributed by atoms with Crippen molar-refractivity contribution in [3.05, 3.63) is 0 Å². The van der Waals surface area contributed by atoms with Crippen LogP contribution in [0.25, 0.3) is 0 Å². The Kier molecular flexibility index (Phi) is 3.29. The first-order valence-electron chi connectivity index (χ1n) is 5.61. The highest BCUT2D eigenvalue weighted by molar-refractivity contribution is 6.36. The Hall–Kier alpha value is -0.890. The van der Waals surface area contributed by atoms with Gasteiger partial charge in [0.15, 0.2) is 0 Å². The molecule has 2 aliphatic rings. The van der Waals surface area contributed by atoms with Crippen LogP contribution in [-0.4, -0.2) is 61.2 Å². The maximum atomic E-state index is 11.9. The average Bonchev–Trinajstić information content (AvgIpc) is 2.79. The number of cyclic esters (lactones) is 1. The van der Waals surface area contributed by atoms with Crippen LogP contribution in [-0.2, 0) is 28.5 Å². The highest BCUT2D eigenvalue weighted by Crippen LogP contribution is 2.59. The van der Waals surface area contributed by atoms with E-state index < -0.39 is 34.1 Å². The lowest BCUT2D eigenvalue weighted by atomic mass is 9.90. The number of carbonyl (C=O) groups excluding carboxylic acids is 2. The molecule has 1 aliphatic heterocycles. The lowest BCUT2D eigenvalue weighted by molar-refractivity contribution is -0.293. The Morgan fingerprint density at radius 3 is 2.47 bits per heavy atom. The van der Waals surface area contributed by atoms with Crippen molar-refractivity contribution in [1.29, 1.82) is 0 Å². The van der Waals surface area contributed by atoms with Crippen molar-refractivity contribution in [2.24, 2.45) is 5.92 Å². The molecule has 1 saturated carbocycles. The number of esters is 2. The predicted molar refractivity (Wildman–Crippen MR) is 61.4 cm³/mol.